The van der Waals surface area contributed by atoms with Gasteiger partial charge in [-0.05, 0) is 24.1 Å². The summed E-state index contributed by atoms with van der Waals surface area (Å²) in [5, 5.41) is 7.23. The zero-order chi connectivity index (χ0) is 14.7. The van der Waals surface area contributed by atoms with Crippen molar-refractivity contribution in [1.82, 2.24) is 10.3 Å². The van der Waals surface area contributed by atoms with Gasteiger partial charge in [-0.15, -0.1) is 11.3 Å². The number of nitrogens with one attached hydrogen (secondary N) is 1. The van der Waals surface area contributed by atoms with Crippen LogP contribution in [-0.2, 0) is 6.54 Å². The molecule has 112 valence electrons. The maximum absolute atomic E-state index is 6.25. The van der Waals surface area contributed by atoms with Gasteiger partial charge in [-0.25, -0.2) is 4.98 Å². The Balaban J connectivity index is 1.71. The molecule has 0 bridgehead atoms. The summed E-state index contributed by atoms with van der Waals surface area (Å²) in [6.45, 7) is 3.98. The normalized spacial score (nSPS) is 15.0. The molecule has 1 atom stereocenters. The highest BCUT2D eigenvalue weighted by Gasteiger charge is 2.17. The van der Waals surface area contributed by atoms with Gasteiger partial charge in [0.15, 0.2) is 11.5 Å². The van der Waals surface area contributed by atoms with Crippen molar-refractivity contribution < 1.29 is 9.47 Å². The summed E-state index contributed by atoms with van der Waals surface area (Å²) in [4.78, 5) is 4.37. The van der Waals surface area contributed by atoms with Crippen molar-refractivity contribution in [3.63, 3.8) is 0 Å². The van der Waals surface area contributed by atoms with Gasteiger partial charge in [-0.1, -0.05) is 18.5 Å². The van der Waals surface area contributed by atoms with Crippen molar-refractivity contribution in [3.8, 4) is 11.5 Å². The number of thiazole rings is 1. The molecule has 4 nitrogen and oxygen atoms in total. The molecule has 0 fully saturated rings. The van der Waals surface area contributed by atoms with Gasteiger partial charge >= 0.3 is 0 Å². The maximum Gasteiger partial charge on any atom is 0.179 e. The number of hydrogen-bond donors (Lipinski definition) is 1. The smallest absolute Gasteiger partial charge is 0.179 e. The summed E-state index contributed by atoms with van der Waals surface area (Å²) in [6.07, 6.45) is 2.83. The van der Waals surface area contributed by atoms with Gasteiger partial charge < -0.3 is 14.8 Å². The van der Waals surface area contributed by atoms with Crippen LogP contribution in [0.5, 0.6) is 11.5 Å². The van der Waals surface area contributed by atoms with E-state index in [9.17, 15) is 0 Å². The fourth-order valence-corrected chi connectivity index (χ4v) is 3.41. The number of benzene rings is 1. The molecule has 0 aliphatic carbocycles. The number of hydrogen-bond acceptors (Lipinski definition) is 5. The Kier molecular flexibility index (Phi) is 4.63. The summed E-state index contributed by atoms with van der Waals surface area (Å²) in [6, 6.07) is 4.18. The Bertz CT molecular complexity index is 604. The largest absolute Gasteiger partial charge is 0.486 e. The Morgan fingerprint density at radius 2 is 2.24 bits per heavy atom. The molecule has 1 aliphatic heterocycles. The van der Waals surface area contributed by atoms with E-state index in [1.54, 1.807) is 11.3 Å². The van der Waals surface area contributed by atoms with Gasteiger partial charge in [-0.3, -0.25) is 0 Å². The van der Waals surface area contributed by atoms with Gasteiger partial charge in [0.05, 0.1) is 11.1 Å². The van der Waals surface area contributed by atoms with E-state index in [-0.39, 0.29) is 6.04 Å². The van der Waals surface area contributed by atoms with E-state index in [4.69, 9.17) is 21.1 Å². The second-order valence-electron chi connectivity index (χ2n) is 4.81. The van der Waals surface area contributed by atoms with E-state index in [2.05, 4.69) is 17.2 Å². The minimum absolute atomic E-state index is 0.261. The molecule has 1 aromatic heterocycles. The lowest BCUT2D eigenvalue weighted by Gasteiger charge is -2.21. The lowest BCUT2D eigenvalue weighted by molar-refractivity contribution is 0.171. The van der Waals surface area contributed by atoms with Crippen molar-refractivity contribution in [3.05, 3.63) is 39.3 Å². The summed E-state index contributed by atoms with van der Waals surface area (Å²) >= 11 is 7.93. The third kappa shape index (κ3) is 3.31. The second kappa shape index (κ2) is 6.64. The van der Waals surface area contributed by atoms with Crippen LogP contribution in [0.2, 0.25) is 5.02 Å². The predicted molar refractivity (Wildman–Crippen MR) is 84.4 cm³/mol. The van der Waals surface area contributed by atoms with E-state index >= 15 is 0 Å². The van der Waals surface area contributed by atoms with Crippen molar-refractivity contribution in [2.24, 2.45) is 0 Å². The van der Waals surface area contributed by atoms with Crippen LogP contribution in [0, 0.1) is 0 Å². The molecule has 0 amide bonds. The average Bonchev–Trinajstić information content (AvgIpc) is 3.02. The fraction of sp³-hybridized carbons (Fsp3) is 0.400. The van der Waals surface area contributed by atoms with E-state index in [1.165, 1.54) is 0 Å². The molecule has 1 aromatic carbocycles. The highest BCUT2D eigenvalue weighted by atomic mass is 35.5. The first-order chi connectivity index (χ1) is 10.3. The van der Waals surface area contributed by atoms with Crippen molar-refractivity contribution in [2.45, 2.75) is 25.9 Å². The van der Waals surface area contributed by atoms with Crippen LogP contribution in [0.15, 0.2) is 23.7 Å². The topological polar surface area (TPSA) is 43.4 Å². The molecular weight excluding hydrogens is 308 g/mol. The van der Waals surface area contributed by atoms with Crippen LogP contribution in [-0.4, -0.2) is 18.2 Å². The first-order valence-electron chi connectivity index (χ1n) is 6.98. The Morgan fingerprint density at radius 3 is 3.00 bits per heavy atom. The third-order valence-corrected chi connectivity index (χ3v) is 4.54. The molecule has 2 heterocycles. The predicted octanol–water partition coefficient (Wildman–Crippen LogP) is 3.81. The first-order valence-corrected chi connectivity index (χ1v) is 8.24. The molecule has 1 aliphatic rings. The minimum atomic E-state index is 0.261. The molecule has 0 saturated heterocycles. The van der Waals surface area contributed by atoms with Gasteiger partial charge in [-0.2, -0.15) is 0 Å². The van der Waals surface area contributed by atoms with Crippen LogP contribution in [0.25, 0.3) is 0 Å². The number of aromatic nitrogens is 1. The summed E-state index contributed by atoms with van der Waals surface area (Å²) in [5.41, 5.74) is 1.08. The van der Waals surface area contributed by atoms with Gasteiger partial charge in [0.2, 0.25) is 0 Å². The number of rotatable bonds is 5. The molecule has 21 heavy (non-hydrogen) atoms. The monoisotopic (exact) mass is 324 g/mol. The molecule has 0 saturated carbocycles. The zero-order valence-electron chi connectivity index (χ0n) is 11.8. The van der Waals surface area contributed by atoms with Gasteiger partial charge in [0.25, 0.3) is 0 Å². The molecule has 0 radical (unpaired) electrons. The van der Waals surface area contributed by atoms with Crippen LogP contribution in [0.4, 0.5) is 0 Å². The van der Waals surface area contributed by atoms with E-state index in [0.29, 0.717) is 30.5 Å². The molecule has 3 rings (SSSR count). The van der Waals surface area contributed by atoms with Crippen LogP contribution < -0.4 is 14.8 Å². The molecule has 1 N–H and O–H groups in total. The standard InChI is InChI=1S/C15H17ClN2O2S/c1-2-12(15-17-3-6-21-15)18-9-10-7-11(16)14-13(8-10)19-4-5-20-14/h3,6-8,12,18H,2,4-5,9H2,1H3. The van der Waals surface area contributed by atoms with E-state index in [1.807, 2.05) is 23.7 Å². The quantitative estimate of drug-likeness (QED) is 0.908. The summed E-state index contributed by atoms with van der Waals surface area (Å²) < 4.78 is 11.1. The number of ether oxygens (including phenoxy) is 2. The molecular formula is C15H17ClN2O2S. The summed E-state index contributed by atoms with van der Waals surface area (Å²) in [7, 11) is 0. The zero-order valence-corrected chi connectivity index (χ0v) is 13.3. The highest BCUT2D eigenvalue weighted by molar-refractivity contribution is 7.09. The SMILES string of the molecule is CCC(NCc1cc(Cl)c2c(c1)OCCO2)c1nccs1. The second-order valence-corrected chi connectivity index (χ2v) is 6.15. The maximum atomic E-state index is 6.25. The lowest BCUT2D eigenvalue weighted by atomic mass is 10.1. The Morgan fingerprint density at radius 1 is 1.38 bits per heavy atom. The molecule has 2 aromatic rings. The molecule has 0 spiro atoms. The minimum Gasteiger partial charge on any atom is -0.486 e. The van der Waals surface area contributed by atoms with Crippen molar-refractivity contribution in [2.75, 3.05) is 13.2 Å². The Labute approximate surface area is 133 Å². The number of halogens is 1. The summed E-state index contributed by atoms with van der Waals surface area (Å²) in [5.74, 6) is 1.38. The van der Waals surface area contributed by atoms with E-state index < -0.39 is 0 Å². The number of fused-ring (bicyclic) bond motifs is 1. The highest BCUT2D eigenvalue weighted by Crippen LogP contribution is 2.38. The van der Waals surface area contributed by atoms with Crippen molar-refractivity contribution in [1.29, 1.82) is 0 Å². The van der Waals surface area contributed by atoms with Crippen LogP contribution in [0.1, 0.15) is 30.0 Å². The van der Waals surface area contributed by atoms with E-state index in [0.717, 1.165) is 22.7 Å². The molecule has 1 unspecified atom stereocenters. The number of nitrogens with zero attached hydrogens (tertiary/aromatic N) is 1. The third-order valence-electron chi connectivity index (χ3n) is 3.37. The van der Waals surface area contributed by atoms with Gasteiger partial charge in [0, 0.05) is 18.1 Å². The lowest BCUT2D eigenvalue weighted by Crippen LogP contribution is -2.21. The first kappa shape index (κ1) is 14.6. The van der Waals surface area contributed by atoms with Crippen molar-refractivity contribution >= 4 is 22.9 Å². The van der Waals surface area contributed by atoms with Crippen LogP contribution in [0.3, 0.4) is 0 Å². The fourth-order valence-electron chi connectivity index (χ4n) is 2.32. The molecule has 6 heteroatoms. The van der Waals surface area contributed by atoms with Crippen LogP contribution >= 0.6 is 22.9 Å². The van der Waals surface area contributed by atoms with Gasteiger partial charge in [0.1, 0.15) is 18.2 Å². The average molecular weight is 325 g/mol. The Hall–Kier alpha value is -1.30.